The van der Waals surface area contributed by atoms with Crippen LogP contribution in [0.25, 0.3) is 0 Å². The lowest BCUT2D eigenvalue weighted by Gasteiger charge is -2.24. The highest BCUT2D eigenvalue weighted by Gasteiger charge is 2.22. The molecule has 0 aliphatic carbocycles. The van der Waals surface area contributed by atoms with Crippen molar-refractivity contribution in [2.45, 2.75) is 33.2 Å². The first-order valence-corrected chi connectivity index (χ1v) is 6.87. The van der Waals surface area contributed by atoms with Crippen LogP contribution in [0.3, 0.4) is 0 Å². The third-order valence-corrected chi connectivity index (χ3v) is 3.92. The number of carbonyl (C=O) groups is 2. The van der Waals surface area contributed by atoms with E-state index < -0.39 is 0 Å². The molecule has 2 rings (SSSR count). The number of amides is 2. The molecule has 5 heteroatoms. The van der Waals surface area contributed by atoms with E-state index in [2.05, 4.69) is 31.4 Å². The summed E-state index contributed by atoms with van der Waals surface area (Å²) in [5.74, 6) is 0.194. The highest BCUT2D eigenvalue weighted by Crippen LogP contribution is 2.31. The summed E-state index contributed by atoms with van der Waals surface area (Å²) in [7, 11) is 0. The lowest BCUT2D eigenvalue weighted by atomic mass is 9.86. The van der Waals surface area contributed by atoms with Gasteiger partial charge in [-0.2, -0.15) is 0 Å². The fourth-order valence-corrected chi connectivity index (χ4v) is 2.23. The van der Waals surface area contributed by atoms with E-state index in [0.29, 0.717) is 23.2 Å². The molecule has 1 aliphatic rings. The molecule has 1 aromatic rings. The van der Waals surface area contributed by atoms with E-state index in [1.165, 1.54) is 0 Å². The van der Waals surface area contributed by atoms with Crippen LogP contribution < -0.4 is 16.4 Å². The maximum Gasteiger partial charge on any atom is 0.233 e. The van der Waals surface area contributed by atoms with Crippen molar-refractivity contribution in [3.63, 3.8) is 0 Å². The van der Waals surface area contributed by atoms with E-state index >= 15 is 0 Å². The largest absolute Gasteiger partial charge is 0.324 e. The van der Waals surface area contributed by atoms with Gasteiger partial charge in [-0.05, 0) is 29.5 Å². The van der Waals surface area contributed by atoms with Crippen LogP contribution in [0.4, 0.5) is 11.4 Å². The number of benzene rings is 1. The second kappa shape index (κ2) is 5.63. The van der Waals surface area contributed by atoms with Crippen molar-refractivity contribution in [2.24, 2.45) is 17.6 Å². The van der Waals surface area contributed by atoms with Gasteiger partial charge in [-0.3, -0.25) is 9.59 Å². The summed E-state index contributed by atoms with van der Waals surface area (Å²) in [5.41, 5.74) is 8.47. The van der Waals surface area contributed by atoms with Crippen LogP contribution in [0.5, 0.6) is 0 Å². The van der Waals surface area contributed by atoms with E-state index in [-0.39, 0.29) is 24.3 Å². The molecule has 1 heterocycles. The molecule has 0 saturated carbocycles. The van der Waals surface area contributed by atoms with E-state index in [1.54, 1.807) is 6.07 Å². The highest BCUT2D eigenvalue weighted by molar-refractivity contribution is 6.13. The lowest BCUT2D eigenvalue weighted by molar-refractivity contribution is -0.123. The standard InChI is InChI=1S/C15H21N3O2/c1-8(2)9(3)15(16)10-4-5-11-12(6-10)18-14(20)7-13(19)17-11/h4-6,8-9,15H,7,16H2,1-3H3,(H,17,19)(H,18,20). The number of hydrogen-bond acceptors (Lipinski definition) is 3. The summed E-state index contributed by atoms with van der Waals surface area (Å²) in [6, 6.07) is 5.44. The first-order chi connectivity index (χ1) is 9.38. The Morgan fingerprint density at radius 3 is 2.25 bits per heavy atom. The molecule has 0 radical (unpaired) electrons. The second-order valence-electron chi connectivity index (χ2n) is 5.71. The number of nitrogens with one attached hydrogen (secondary N) is 2. The average Bonchev–Trinajstić information content (AvgIpc) is 2.52. The summed E-state index contributed by atoms with van der Waals surface area (Å²) < 4.78 is 0. The quantitative estimate of drug-likeness (QED) is 0.740. The van der Waals surface area contributed by atoms with E-state index in [1.807, 2.05) is 12.1 Å². The monoisotopic (exact) mass is 275 g/mol. The minimum Gasteiger partial charge on any atom is -0.324 e. The summed E-state index contributed by atoms with van der Waals surface area (Å²) >= 11 is 0. The maximum atomic E-state index is 11.6. The molecule has 0 bridgehead atoms. The Labute approximate surface area is 118 Å². The summed E-state index contributed by atoms with van der Waals surface area (Å²) in [6.07, 6.45) is -0.154. The smallest absolute Gasteiger partial charge is 0.233 e. The molecular weight excluding hydrogens is 254 g/mol. The SMILES string of the molecule is CC(C)C(C)C(N)c1ccc2c(c1)NC(=O)CC(=O)N2. The predicted octanol–water partition coefficient (Wildman–Crippen LogP) is 2.26. The third-order valence-electron chi connectivity index (χ3n) is 3.92. The van der Waals surface area contributed by atoms with Crippen molar-refractivity contribution >= 4 is 23.2 Å². The molecule has 2 unspecified atom stereocenters. The van der Waals surface area contributed by atoms with Crippen molar-refractivity contribution in [2.75, 3.05) is 10.6 Å². The van der Waals surface area contributed by atoms with Crippen LogP contribution >= 0.6 is 0 Å². The summed E-state index contributed by atoms with van der Waals surface area (Å²) in [4.78, 5) is 23.1. The molecule has 1 aliphatic heterocycles. The zero-order chi connectivity index (χ0) is 14.9. The Balaban J connectivity index is 2.31. The van der Waals surface area contributed by atoms with E-state index in [4.69, 9.17) is 5.73 Å². The average molecular weight is 275 g/mol. The molecule has 5 nitrogen and oxygen atoms in total. The molecule has 0 fully saturated rings. The van der Waals surface area contributed by atoms with E-state index in [9.17, 15) is 9.59 Å². The molecule has 4 N–H and O–H groups in total. The van der Waals surface area contributed by atoms with Gasteiger partial charge in [-0.25, -0.2) is 0 Å². The Hall–Kier alpha value is -1.88. The fraction of sp³-hybridized carbons (Fsp3) is 0.467. The van der Waals surface area contributed by atoms with Crippen LogP contribution in [0.2, 0.25) is 0 Å². The normalized spacial score (nSPS) is 17.9. The van der Waals surface area contributed by atoms with Gasteiger partial charge in [0.1, 0.15) is 6.42 Å². The molecule has 0 saturated heterocycles. The molecule has 20 heavy (non-hydrogen) atoms. The van der Waals surface area contributed by atoms with E-state index in [0.717, 1.165) is 5.56 Å². The van der Waals surface area contributed by atoms with Gasteiger partial charge in [0, 0.05) is 6.04 Å². The zero-order valence-corrected chi connectivity index (χ0v) is 12.1. The van der Waals surface area contributed by atoms with Crippen molar-refractivity contribution in [1.29, 1.82) is 0 Å². The van der Waals surface area contributed by atoms with Crippen molar-refractivity contribution in [3.8, 4) is 0 Å². The van der Waals surface area contributed by atoms with Gasteiger partial charge in [-0.15, -0.1) is 0 Å². The van der Waals surface area contributed by atoms with Crippen molar-refractivity contribution < 1.29 is 9.59 Å². The Bertz CT molecular complexity index is 540. The van der Waals surface area contributed by atoms with Gasteiger partial charge in [0.2, 0.25) is 11.8 Å². The fourth-order valence-electron chi connectivity index (χ4n) is 2.23. The van der Waals surface area contributed by atoms with Gasteiger partial charge in [0.15, 0.2) is 0 Å². The van der Waals surface area contributed by atoms with Crippen molar-refractivity contribution in [3.05, 3.63) is 23.8 Å². The van der Waals surface area contributed by atoms with Crippen LogP contribution in [-0.2, 0) is 9.59 Å². The molecule has 2 amide bonds. The maximum absolute atomic E-state index is 11.6. The minimum atomic E-state index is -0.302. The molecule has 2 atom stereocenters. The van der Waals surface area contributed by atoms with Crippen LogP contribution in [0.1, 0.15) is 38.8 Å². The van der Waals surface area contributed by atoms with Gasteiger partial charge >= 0.3 is 0 Å². The number of rotatable bonds is 3. The van der Waals surface area contributed by atoms with Gasteiger partial charge in [0.05, 0.1) is 11.4 Å². The number of hydrogen-bond donors (Lipinski definition) is 3. The van der Waals surface area contributed by atoms with Gasteiger partial charge < -0.3 is 16.4 Å². The highest BCUT2D eigenvalue weighted by atomic mass is 16.2. The Morgan fingerprint density at radius 2 is 1.65 bits per heavy atom. The minimum absolute atomic E-state index is 0.101. The molecular formula is C15H21N3O2. The van der Waals surface area contributed by atoms with Crippen LogP contribution in [0, 0.1) is 11.8 Å². The number of anilines is 2. The van der Waals surface area contributed by atoms with Crippen LogP contribution in [0.15, 0.2) is 18.2 Å². The Morgan fingerprint density at radius 1 is 1.05 bits per heavy atom. The lowest BCUT2D eigenvalue weighted by Crippen LogP contribution is -2.23. The molecule has 0 aromatic heterocycles. The van der Waals surface area contributed by atoms with Gasteiger partial charge in [-0.1, -0.05) is 26.8 Å². The number of nitrogens with two attached hydrogens (primary N) is 1. The zero-order valence-electron chi connectivity index (χ0n) is 12.1. The summed E-state index contributed by atoms with van der Waals surface area (Å²) in [6.45, 7) is 6.38. The number of fused-ring (bicyclic) bond motifs is 1. The number of carbonyl (C=O) groups excluding carboxylic acids is 2. The second-order valence-corrected chi connectivity index (χ2v) is 5.71. The first-order valence-electron chi connectivity index (χ1n) is 6.87. The molecule has 1 aromatic carbocycles. The summed E-state index contributed by atoms with van der Waals surface area (Å²) in [5, 5.41) is 5.45. The van der Waals surface area contributed by atoms with Crippen LogP contribution in [-0.4, -0.2) is 11.8 Å². The Kier molecular flexibility index (Phi) is 4.09. The topological polar surface area (TPSA) is 84.2 Å². The third kappa shape index (κ3) is 2.99. The predicted molar refractivity (Wildman–Crippen MR) is 79.2 cm³/mol. The van der Waals surface area contributed by atoms with Crippen molar-refractivity contribution in [1.82, 2.24) is 0 Å². The molecule has 0 spiro atoms. The first kappa shape index (κ1) is 14.5. The molecule has 108 valence electrons. The van der Waals surface area contributed by atoms with Gasteiger partial charge in [0.25, 0.3) is 0 Å².